The summed E-state index contributed by atoms with van der Waals surface area (Å²) in [7, 11) is 0. The van der Waals surface area contributed by atoms with Gasteiger partial charge < -0.3 is 4.74 Å². The molecule has 1 N–H and O–H groups in total. The van der Waals surface area contributed by atoms with Gasteiger partial charge in [-0.05, 0) is 24.3 Å². The number of carbonyl (C=O) groups is 1. The normalized spacial score (nSPS) is 14.7. The number of benzene rings is 2. The van der Waals surface area contributed by atoms with Crippen molar-refractivity contribution >= 4 is 17.3 Å². The molecule has 1 amide bonds. The Morgan fingerprint density at radius 3 is 2.65 bits per heavy atom. The summed E-state index contributed by atoms with van der Waals surface area (Å²) >= 11 is 0. The number of hydrogen-bond donors (Lipinski definition) is 1. The van der Waals surface area contributed by atoms with Crippen LogP contribution in [-0.2, 0) is 0 Å². The van der Waals surface area contributed by atoms with Crippen LogP contribution in [0.3, 0.4) is 0 Å². The van der Waals surface area contributed by atoms with Gasteiger partial charge in [-0.25, -0.2) is 5.43 Å². The largest absolute Gasteiger partial charge is 0.492 e. The van der Waals surface area contributed by atoms with Crippen molar-refractivity contribution in [3.8, 4) is 5.75 Å². The number of hydrazone groups is 1. The summed E-state index contributed by atoms with van der Waals surface area (Å²) in [4.78, 5) is 22.2. The van der Waals surface area contributed by atoms with E-state index in [0.717, 1.165) is 17.0 Å². The molecule has 0 spiro atoms. The minimum Gasteiger partial charge on any atom is -0.492 e. The number of nitro groups is 1. The van der Waals surface area contributed by atoms with Crippen molar-refractivity contribution < 1.29 is 14.5 Å². The minimum absolute atomic E-state index is 0.0637. The van der Waals surface area contributed by atoms with Crippen molar-refractivity contribution in [2.75, 3.05) is 6.61 Å². The number of hydrogen-bond acceptors (Lipinski definition) is 5. The van der Waals surface area contributed by atoms with E-state index in [9.17, 15) is 14.9 Å². The standard InChI is InChI=1S/C16H13N3O4/c20-16(11-5-7-12(8-6-11)19(21)22)18-17-14-9-10-23-15-4-2-1-3-13(14)15/h1-8H,9-10H2,(H,18,20)/b17-14-. The van der Waals surface area contributed by atoms with Gasteiger partial charge in [-0.3, -0.25) is 14.9 Å². The van der Waals surface area contributed by atoms with Gasteiger partial charge in [0.05, 0.1) is 17.2 Å². The molecule has 0 atom stereocenters. The smallest absolute Gasteiger partial charge is 0.271 e. The molecular formula is C16H13N3O4. The van der Waals surface area contributed by atoms with Gasteiger partial charge in [-0.1, -0.05) is 12.1 Å². The van der Waals surface area contributed by atoms with E-state index in [4.69, 9.17) is 4.74 Å². The summed E-state index contributed by atoms with van der Waals surface area (Å²) in [6.07, 6.45) is 0.595. The quantitative estimate of drug-likeness (QED) is 0.696. The molecule has 0 unspecified atom stereocenters. The number of nitro benzene ring substituents is 1. The van der Waals surface area contributed by atoms with Crippen molar-refractivity contribution in [3.63, 3.8) is 0 Å². The molecular weight excluding hydrogens is 298 g/mol. The second kappa shape index (κ2) is 6.27. The Balaban J connectivity index is 1.75. The van der Waals surface area contributed by atoms with Gasteiger partial charge in [0, 0.05) is 29.7 Å². The first-order chi connectivity index (χ1) is 11.1. The van der Waals surface area contributed by atoms with Gasteiger partial charge in [0.1, 0.15) is 5.75 Å². The van der Waals surface area contributed by atoms with E-state index >= 15 is 0 Å². The SMILES string of the molecule is O=C(N/N=C1/CCOc2ccccc21)c1ccc([N+](=O)[O-])cc1. The predicted molar refractivity (Wildman–Crippen MR) is 83.7 cm³/mol. The molecule has 0 saturated heterocycles. The molecule has 0 radical (unpaired) electrons. The number of nitrogens with one attached hydrogen (secondary N) is 1. The summed E-state index contributed by atoms with van der Waals surface area (Å²) in [5.41, 5.74) is 4.31. The first-order valence-corrected chi connectivity index (χ1v) is 6.99. The molecule has 7 nitrogen and oxygen atoms in total. The molecule has 0 bridgehead atoms. The summed E-state index contributed by atoms with van der Waals surface area (Å²) in [5.74, 6) is 0.318. The van der Waals surface area contributed by atoms with E-state index in [-0.39, 0.29) is 5.69 Å². The highest BCUT2D eigenvalue weighted by molar-refractivity contribution is 6.04. The Morgan fingerprint density at radius 2 is 1.91 bits per heavy atom. The van der Waals surface area contributed by atoms with Crippen LogP contribution < -0.4 is 10.2 Å². The number of ether oxygens (including phenoxy) is 1. The molecule has 7 heteroatoms. The van der Waals surface area contributed by atoms with Crippen LogP contribution in [0.2, 0.25) is 0 Å². The van der Waals surface area contributed by atoms with Crippen LogP contribution >= 0.6 is 0 Å². The summed E-state index contributed by atoms with van der Waals surface area (Å²) in [5, 5.41) is 14.8. The maximum absolute atomic E-state index is 12.1. The van der Waals surface area contributed by atoms with Crippen LogP contribution in [-0.4, -0.2) is 23.1 Å². The third-order valence-electron chi connectivity index (χ3n) is 3.43. The lowest BCUT2D eigenvalue weighted by Gasteiger charge is -2.18. The number of fused-ring (bicyclic) bond motifs is 1. The maximum Gasteiger partial charge on any atom is 0.271 e. The fraction of sp³-hybridized carbons (Fsp3) is 0.125. The Morgan fingerprint density at radius 1 is 1.17 bits per heavy atom. The van der Waals surface area contributed by atoms with Gasteiger partial charge in [0.15, 0.2) is 0 Å². The van der Waals surface area contributed by atoms with Crippen LogP contribution in [0.15, 0.2) is 53.6 Å². The van der Waals surface area contributed by atoms with E-state index in [0.29, 0.717) is 18.6 Å². The molecule has 0 aliphatic carbocycles. The second-order valence-corrected chi connectivity index (χ2v) is 4.90. The number of amides is 1. The maximum atomic E-state index is 12.1. The molecule has 0 saturated carbocycles. The van der Waals surface area contributed by atoms with E-state index < -0.39 is 10.8 Å². The van der Waals surface area contributed by atoms with E-state index in [1.54, 1.807) is 0 Å². The number of nitrogens with zero attached hydrogens (tertiary/aromatic N) is 2. The lowest BCUT2D eigenvalue weighted by molar-refractivity contribution is -0.384. The summed E-state index contributed by atoms with van der Waals surface area (Å²) < 4.78 is 5.52. The van der Waals surface area contributed by atoms with Crippen molar-refractivity contribution in [3.05, 3.63) is 69.8 Å². The van der Waals surface area contributed by atoms with Gasteiger partial charge in [-0.15, -0.1) is 0 Å². The average molecular weight is 311 g/mol. The fourth-order valence-corrected chi connectivity index (χ4v) is 2.26. The Hall–Kier alpha value is -3.22. The fourth-order valence-electron chi connectivity index (χ4n) is 2.26. The Kier molecular flexibility index (Phi) is 4.01. The molecule has 2 aromatic carbocycles. The van der Waals surface area contributed by atoms with E-state index in [1.807, 2.05) is 24.3 Å². The molecule has 0 aromatic heterocycles. The van der Waals surface area contributed by atoms with E-state index in [2.05, 4.69) is 10.5 Å². The van der Waals surface area contributed by atoms with Gasteiger partial charge in [0.25, 0.3) is 11.6 Å². The monoisotopic (exact) mass is 311 g/mol. The lowest BCUT2D eigenvalue weighted by Crippen LogP contribution is -2.23. The predicted octanol–water partition coefficient (Wildman–Crippen LogP) is 2.51. The van der Waals surface area contributed by atoms with Crippen molar-refractivity contribution in [1.82, 2.24) is 5.43 Å². The molecule has 2 aromatic rings. The van der Waals surface area contributed by atoms with E-state index in [1.165, 1.54) is 24.3 Å². The summed E-state index contributed by atoms with van der Waals surface area (Å²) in [6, 6.07) is 12.8. The first kappa shape index (κ1) is 14.7. The number of carbonyl (C=O) groups excluding carboxylic acids is 1. The summed E-state index contributed by atoms with van der Waals surface area (Å²) in [6.45, 7) is 0.503. The Bertz CT molecular complexity index is 784. The lowest BCUT2D eigenvalue weighted by atomic mass is 10.0. The molecule has 1 aliphatic heterocycles. The van der Waals surface area contributed by atoms with Crippen molar-refractivity contribution in [1.29, 1.82) is 0 Å². The number of non-ortho nitro benzene ring substituents is 1. The van der Waals surface area contributed by atoms with Crippen LogP contribution in [0.1, 0.15) is 22.3 Å². The molecule has 23 heavy (non-hydrogen) atoms. The topological polar surface area (TPSA) is 93.8 Å². The minimum atomic E-state index is -0.513. The molecule has 1 aliphatic rings. The first-order valence-electron chi connectivity index (χ1n) is 6.99. The van der Waals surface area contributed by atoms with Crippen LogP contribution in [0.25, 0.3) is 0 Å². The van der Waals surface area contributed by atoms with Gasteiger partial charge in [-0.2, -0.15) is 5.10 Å². The average Bonchev–Trinajstić information content (AvgIpc) is 2.59. The highest BCUT2D eigenvalue weighted by atomic mass is 16.6. The molecule has 116 valence electrons. The Labute approximate surface area is 131 Å². The van der Waals surface area contributed by atoms with Gasteiger partial charge >= 0.3 is 0 Å². The third-order valence-corrected chi connectivity index (χ3v) is 3.43. The van der Waals surface area contributed by atoms with Crippen LogP contribution in [0, 0.1) is 10.1 Å². The molecule has 0 fully saturated rings. The second-order valence-electron chi connectivity index (χ2n) is 4.90. The zero-order valence-electron chi connectivity index (χ0n) is 12.1. The molecule has 1 heterocycles. The number of rotatable bonds is 3. The third kappa shape index (κ3) is 3.18. The zero-order valence-corrected chi connectivity index (χ0v) is 12.1. The van der Waals surface area contributed by atoms with Crippen LogP contribution in [0.4, 0.5) is 5.69 Å². The zero-order chi connectivity index (χ0) is 16.2. The number of para-hydroxylation sites is 1. The van der Waals surface area contributed by atoms with Gasteiger partial charge in [0.2, 0.25) is 0 Å². The highest BCUT2D eigenvalue weighted by Gasteiger charge is 2.16. The highest BCUT2D eigenvalue weighted by Crippen LogP contribution is 2.24. The van der Waals surface area contributed by atoms with Crippen molar-refractivity contribution in [2.24, 2.45) is 5.10 Å². The van der Waals surface area contributed by atoms with Crippen molar-refractivity contribution in [2.45, 2.75) is 6.42 Å². The molecule has 3 rings (SSSR count). The van der Waals surface area contributed by atoms with Crippen LogP contribution in [0.5, 0.6) is 5.75 Å².